The van der Waals surface area contributed by atoms with Gasteiger partial charge in [-0.05, 0) is 23.9 Å². The average molecular weight is 276 g/mol. The van der Waals surface area contributed by atoms with Crippen molar-refractivity contribution in [2.24, 2.45) is 5.73 Å². The normalized spacial score (nSPS) is 12.5. The summed E-state index contributed by atoms with van der Waals surface area (Å²) in [6, 6.07) is 7.37. The summed E-state index contributed by atoms with van der Waals surface area (Å²) in [5.74, 6) is 0. The van der Waals surface area contributed by atoms with E-state index in [1.54, 1.807) is 15.9 Å². The van der Waals surface area contributed by atoms with Crippen LogP contribution in [0.5, 0.6) is 0 Å². The second-order valence-corrected chi connectivity index (χ2v) is 5.64. The largest absolute Gasteiger partial charge is 0.319 e. The Kier molecular flexibility index (Phi) is 4.93. The van der Waals surface area contributed by atoms with Gasteiger partial charge in [-0.3, -0.25) is 4.79 Å². The van der Waals surface area contributed by atoms with Crippen molar-refractivity contribution < 1.29 is 0 Å². The van der Waals surface area contributed by atoms with Crippen LogP contribution < -0.4 is 11.3 Å². The Hall–Kier alpha value is -1.39. The lowest BCUT2D eigenvalue weighted by atomic mass is 10.1. The van der Waals surface area contributed by atoms with Crippen molar-refractivity contribution in [3.8, 4) is 0 Å². The molecule has 0 aliphatic carbocycles. The van der Waals surface area contributed by atoms with Crippen molar-refractivity contribution in [1.29, 1.82) is 0 Å². The van der Waals surface area contributed by atoms with Gasteiger partial charge >= 0.3 is 0 Å². The number of rotatable bonds is 6. The summed E-state index contributed by atoms with van der Waals surface area (Å²) in [5, 5.41) is 1.98. The average Bonchev–Trinajstić information content (AvgIpc) is 2.94. The van der Waals surface area contributed by atoms with Crippen LogP contribution in [0, 0.1) is 0 Å². The highest BCUT2D eigenvalue weighted by atomic mass is 32.1. The van der Waals surface area contributed by atoms with Crippen LogP contribution in [0.15, 0.2) is 40.6 Å². The third kappa shape index (κ3) is 3.33. The molecule has 0 radical (unpaired) electrons. The van der Waals surface area contributed by atoms with Crippen molar-refractivity contribution in [2.75, 3.05) is 0 Å². The zero-order chi connectivity index (χ0) is 13.7. The molecule has 2 aromatic rings. The van der Waals surface area contributed by atoms with Gasteiger partial charge in [0.2, 0.25) is 0 Å². The maximum Gasteiger partial charge on any atom is 0.255 e. The summed E-state index contributed by atoms with van der Waals surface area (Å²) in [4.78, 5) is 13.4. The Morgan fingerprint density at radius 2 is 2.16 bits per heavy atom. The maximum absolute atomic E-state index is 12.4. The molecular formula is C15H20N2OS. The second-order valence-electron chi connectivity index (χ2n) is 4.66. The minimum atomic E-state index is -0.314. The highest BCUT2D eigenvalue weighted by molar-refractivity contribution is 7.10. The van der Waals surface area contributed by atoms with Crippen molar-refractivity contribution in [1.82, 2.24) is 4.57 Å². The highest BCUT2D eigenvalue weighted by Crippen LogP contribution is 2.21. The zero-order valence-electron chi connectivity index (χ0n) is 11.2. The van der Waals surface area contributed by atoms with Crippen molar-refractivity contribution >= 4 is 11.3 Å². The molecule has 2 N–H and O–H groups in total. The van der Waals surface area contributed by atoms with Crippen LogP contribution in [0.4, 0.5) is 0 Å². The first-order chi connectivity index (χ1) is 9.24. The Balaban J connectivity index is 2.22. The monoisotopic (exact) mass is 276 g/mol. The maximum atomic E-state index is 12.4. The Bertz CT molecular complexity index is 560. The van der Waals surface area contributed by atoms with Crippen LogP contribution >= 0.6 is 11.3 Å². The third-order valence-corrected chi connectivity index (χ3v) is 4.19. The first-order valence-corrected chi connectivity index (χ1v) is 7.60. The summed E-state index contributed by atoms with van der Waals surface area (Å²) in [6.45, 7) is 2.93. The molecule has 0 amide bonds. The smallest absolute Gasteiger partial charge is 0.255 e. The summed E-state index contributed by atoms with van der Waals surface area (Å²) in [7, 11) is 0. The van der Waals surface area contributed by atoms with Gasteiger partial charge in [0, 0.05) is 23.2 Å². The molecule has 0 fully saturated rings. The Labute approximate surface area is 117 Å². The van der Waals surface area contributed by atoms with E-state index in [1.807, 2.05) is 35.8 Å². The molecule has 1 unspecified atom stereocenters. The van der Waals surface area contributed by atoms with Crippen molar-refractivity contribution in [3.63, 3.8) is 0 Å². The zero-order valence-corrected chi connectivity index (χ0v) is 12.0. The summed E-state index contributed by atoms with van der Waals surface area (Å²) >= 11 is 1.59. The van der Waals surface area contributed by atoms with E-state index in [-0.39, 0.29) is 11.6 Å². The van der Waals surface area contributed by atoms with Gasteiger partial charge in [0.05, 0.1) is 6.04 Å². The summed E-state index contributed by atoms with van der Waals surface area (Å²) in [6.07, 6.45) is 5.19. The number of aromatic nitrogens is 1. The fourth-order valence-corrected chi connectivity index (χ4v) is 2.87. The molecule has 0 saturated heterocycles. The van der Waals surface area contributed by atoms with E-state index in [9.17, 15) is 4.79 Å². The molecule has 0 aliphatic heterocycles. The van der Waals surface area contributed by atoms with E-state index >= 15 is 0 Å². The molecule has 1 atom stereocenters. The highest BCUT2D eigenvalue weighted by Gasteiger charge is 2.14. The molecule has 2 aromatic heterocycles. The van der Waals surface area contributed by atoms with Gasteiger partial charge < -0.3 is 10.3 Å². The Morgan fingerprint density at radius 3 is 2.84 bits per heavy atom. The summed E-state index contributed by atoms with van der Waals surface area (Å²) in [5.41, 5.74) is 6.91. The topological polar surface area (TPSA) is 48.0 Å². The van der Waals surface area contributed by atoms with Gasteiger partial charge in [-0.25, -0.2) is 0 Å². The number of thiophene rings is 1. The molecule has 2 heterocycles. The van der Waals surface area contributed by atoms with Crippen LogP contribution in [0.3, 0.4) is 0 Å². The van der Waals surface area contributed by atoms with Crippen LogP contribution in [0.1, 0.15) is 42.7 Å². The first kappa shape index (κ1) is 14.0. The molecule has 2 rings (SSSR count). The standard InChI is InChI=1S/C15H20N2OS/c1-2-3-4-9-17-10-5-7-12(15(17)18)14(16)13-8-6-11-19-13/h5-8,10-11,14H,2-4,9,16H2,1H3. The lowest BCUT2D eigenvalue weighted by molar-refractivity contribution is 0.581. The van der Waals surface area contributed by atoms with Crippen molar-refractivity contribution in [3.05, 3.63) is 56.6 Å². The molecule has 0 saturated carbocycles. The fraction of sp³-hybridized carbons (Fsp3) is 0.400. The van der Waals surface area contributed by atoms with Gasteiger partial charge in [-0.1, -0.05) is 31.9 Å². The molecule has 19 heavy (non-hydrogen) atoms. The van der Waals surface area contributed by atoms with E-state index in [0.717, 1.165) is 30.7 Å². The molecule has 0 spiro atoms. The molecule has 102 valence electrons. The van der Waals surface area contributed by atoms with Crippen LogP contribution in [-0.4, -0.2) is 4.57 Å². The van der Waals surface area contributed by atoms with E-state index in [0.29, 0.717) is 5.56 Å². The molecular weight excluding hydrogens is 256 g/mol. The number of hydrogen-bond donors (Lipinski definition) is 1. The van der Waals surface area contributed by atoms with Gasteiger partial charge in [-0.15, -0.1) is 11.3 Å². The molecule has 4 heteroatoms. The molecule has 0 bridgehead atoms. The van der Waals surface area contributed by atoms with Gasteiger partial charge in [0.1, 0.15) is 0 Å². The minimum absolute atomic E-state index is 0.0412. The first-order valence-electron chi connectivity index (χ1n) is 6.72. The second kappa shape index (κ2) is 6.68. The van der Waals surface area contributed by atoms with E-state index in [1.165, 1.54) is 0 Å². The van der Waals surface area contributed by atoms with E-state index in [2.05, 4.69) is 6.92 Å². The SMILES string of the molecule is CCCCCn1cccc(C(N)c2cccs2)c1=O. The van der Waals surface area contributed by atoms with Crippen LogP contribution in [0.25, 0.3) is 0 Å². The van der Waals surface area contributed by atoms with E-state index in [4.69, 9.17) is 5.73 Å². The summed E-state index contributed by atoms with van der Waals surface area (Å²) < 4.78 is 1.78. The quantitative estimate of drug-likeness (QED) is 0.824. The number of aryl methyl sites for hydroxylation is 1. The lowest BCUT2D eigenvalue weighted by Gasteiger charge is -2.12. The van der Waals surface area contributed by atoms with E-state index < -0.39 is 0 Å². The van der Waals surface area contributed by atoms with Gasteiger partial charge in [-0.2, -0.15) is 0 Å². The molecule has 0 aliphatic rings. The molecule has 0 aromatic carbocycles. The van der Waals surface area contributed by atoms with Crippen LogP contribution in [-0.2, 0) is 6.54 Å². The number of nitrogens with zero attached hydrogens (tertiary/aromatic N) is 1. The van der Waals surface area contributed by atoms with Gasteiger partial charge in [0.15, 0.2) is 0 Å². The molecule has 3 nitrogen and oxygen atoms in total. The third-order valence-electron chi connectivity index (χ3n) is 3.24. The Morgan fingerprint density at radius 1 is 1.32 bits per heavy atom. The van der Waals surface area contributed by atoms with Crippen LogP contribution in [0.2, 0.25) is 0 Å². The number of pyridine rings is 1. The van der Waals surface area contributed by atoms with Gasteiger partial charge in [0.25, 0.3) is 5.56 Å². The lowest BCUT2D eigenvalue weighted by Crippen LogP contribution is -2.28. The number of nitrogens with two attached hydrogens (primary N) is 1. The predicted octanol–water partition coefficient (Wildman–Crippen LogP) is 3.15. The minimum Gasteiger partial charge on any atom is -0.319 e. The number of unbranched alkanes of at least 4 members (excludes halogenated alkanes) is 2. The number of hydrogen-bond acceptors (Lipinski definition) is 3. The predicted molar refractivity (Wildman–Crippen MR) is 80.6 cm³/mol. The van der Waals surface area contributed by atoms with Crippen molar-refractivity contribution in [2.45, 2.75) is 38.8 Å². The fourth-order valence-electron chi connectivity index (χ4n) is 2.12.